The molecule has 1 aliphatic heterocycles. The molecule has 1 rings (SSSR count). The van der Waals surface area contributed by atoms with E-state index in [1.54, 1.807) is 0 Å². The first-order chi connectivity index (χ1) is 9.48. The lowest BCUT2D eigenvalue weighted by atomic mass is 9.97. The first-order valence-electron chi connectivity index (χ1n) is 7.62. The quantitative estimate of drug-likeness (QED) is 0.691. The highest BCUT2D eigenvalue weighted by molar-refractivity contribution is 5.80. The Morgan fingerprint density at radius 3 is 2.60 bits per heavy atom. The third-order valence-electron chi connectivity index (χ3n) is 3.46. The van der Waals surface area contributed by atoms with Crippen molar-refractivity contribution in [3.63, 3.8) is 0 Å². The van der Waals surface area contributed by atoms with Gasteiger partial charge >= 0.3 is 5.97 Å². The SMILES string of the molecule is CCOC(=O)C(C)(CCOC1CCOCC1)NC(C)C. The summed E-state index contributed by atoms with van der Waals surface area (Å²) in [6.07, 6.45) is 2.75. The number of hydrogen-bond acceptors (Lipinski definition) is 5. The second kappa shape index (κ2) is 8.60. The summed E-state index contributed by atoms with van der Waals surface area (Å²) in [7, 11) is 0. The zero-order chi connectivity index (χ0) is 15.0. The van der Waals surface area contributed by atoms with Crippen LogP contribution >= 0.6 is 0 Å². The lowest BCUT2D eigenvalue weighted by Crippen LogP contribution is -2.54. The molecular formula is C15H29NO4. The molecule has 1 unspecified atom stereocenters. The maximum atomic E-state index is 12.1. The molecule has 0 aromatic carbocycles. The van der Waals surface area contributed by atoms with E-state index < -0.39 is 5.54 Å². The van der Waals surface area contributed by atoms with Crippen LogP contribution < -0.4 is 5.32 Å². The number of hydrogen-bond donors (Lipinski definition) is 1. The molecule has 5 nitrogen and oxygen atoms in total. The molecule has 1 heterocycles. The van der Waals surface area contributed by atoms with Gasteiger partial charge in [-0.05, 0) is 47.0 Å². The van der Waals surface area contributed by atoms with E-state index in [1.165, 1.54) is 0 Å². The summed E-state index contributed by atoms with van der Waals surface area (Å²) in [5, 5.41) is 3.30. The molecule has 0 spiro atoms. The largest absolute Gasteiger partial charge is 0.465 e. The van der Waals surface area contributed by atoms with E-state index in [0.717, 1.165) is 26.1 Å². The number of rotatable bonds is 8. The van der Waals surface area contributed by atoms with E-state index in [-0.39, 0.29) is 18.1 Å². The van der Waals surface area contributed by atoms with E-state index in [4.69, 9.17) is 14.2 Å². The Bertz CT molecular complexity index is 290. The average Bonchev–Trinajstić information content (AvgIpc) is 2.39. The van der Waals surface area contributed by atoms with E-state index >= 15 is 0 Å². The fourth-order valence-electron chi connectivity index (χ4n) is 2.43. The summed E-state index contributed by atoms with van der Waals surface area (Å²) in [5.74, 6) is -0.204. The van der Waals surface area contributed by atoms with Gasteiger partial charge in [-0.25, -0.2) is 0 Å². The summed E-state index contributed by atoms with van der Waals surface area (Å²) in [6.45, 7) is 10.3. The number of esters is 1. The van der Waals surface area contributed by atoms with E-state index in [9.17, 15) is 4.79 Å². The molecule has 0 aromatic rings. The minimum absolute atomic E-state index is 0.204. The van der Waals surface area contributed by atoms with Gasteiger partial charge in [-0.3, -0.25) is 10.1 Å². The Morgan fingerprint density at radius 2 is 2.05 bits per heavy atom. The topological polar surface area (TPSA) is 56.8 Å². The molecule has 5 heteroatoms. The number of nitrogens with one attached hydrogen (secondary N) is 1. The van der Waals surface area contributed by atoms with E-state index in [1.807, 2.05) is 27.7 Å². The Kier molecular flexibility index (Phi) is 7.48. The van der Waals surface area contributed by atoms with Crippen molar-refractivity contribution in [1.82, 2.24) is 5.32 Å². The normalized spacial score (nSPS) is 19.9. The van der Waals surface area contributed by atoms with Crippen molar-refractivity contribution in [1.29, 1.82) is 0 Å². The van der Waals surface area contributed by atoms with Gasteiger partial charge in [0.1, 0.15) is 5.54 Å². The molecule has 1 N–H and O–H groups in total. The highest BCUT2D eigenvalue weighted by Crippen LogP contribution is 2.17. The van der Waals surface area contributed by atoms with Crippen LogP contribution in [-0.4, -0.2) is 50.1 Å². The molecule has 0 amide bonds. The summed E-state index contributed by atoms with van der Waals surface area (Å²) in [5.41, 5.74) is -0.685. The van der Waals surface area contributed by atoms with Crippen molar-refractivity contribution in [3.8, 4) is 0 Å². The smallest absolute Gasteiger partial charge is 0.326 e. The predicted octanol–water partition coefficient (Wildman–Crippen LogP) is 1.89. The Hall–Kier alpha value is -0.650. The highest BCUT2D eigenvalue weighted by Gasteiger charge is 2.35. The van der Waals surface area contributed by atoms with Crippen molar-refractivity contribution >= 4 is 5.97 Å². The first kappa shape index (κ1) is 17.4. The predicted molar refractivity (Wildman–Crippen MR) is 77.7 cm³/mol. The fraction of sp³-hybridized carbons (Fsp3) is 0.933. The van der Waals surface area contributed by atoms with Gasteiger partial charge < -0.3 is 14.2 Å². The van der Waals surface area contributed by atoms with Gasteiger partial charge in [0.05, 0.1) is 12.7 Å². The van der Waals surface area contributed by atoms with Crippen LogP contribution in [0.3, 0.4) is 0 Å². The Morgan fingerprint density at radius 1 is 1.40 bits per heavy atom. The minimum Gasteiger partial charge on any atom is -0.465 e. The van der Waals surface area contributed by atoms with Crippen LogP contribution in [0.1, 0.15) is 47.0 Å². The lowest BCUT2D eigenvalue weighted by Gasteiger charge is -2.31. The molecule has 0 saturated carbocycles. The second-order valence-corrected chi connectivity index (χ2v) is 5.78. The monoisotopic (exact) mass is 287 g/mol. The first-order valence-corrected chi connectivity index (χ1v) is 7.62. The van der Waals surface area contributed by atoms with Crippen LogP contribution in [0.5, 0.6) is 0 Å². The van der Waals surface area contributed by atoms with Crippen LogP contribution in [0.15, 0.2) is 0 Å². The third-order valence-corrected chi connectivity index (χ3v) is 3.46. The maximum absolute atomic E-state index is 12.1. The zero-order valence-electron chi connectivity index (χ0n) is 13.2. The second-order valence-electron chi connectivity index (χ2n) is 5.78. The Balaban J connectivity index is 2.44. The van der Waals surface area contributed by atoms with Crippen molar-refractivity contribution in [2.24, 2.45) is 0 Å². The number of carbonyl (C=O) groups excluding carboxylic acids is 1. The zero-order valence-corrected chi connectivity index (χ0v) is 13.2. The molecule has 0 aromatic heterocycles. The summed E-state index contributed by atoms with van der Waals surface area (Å²) >= 11 is 0. The highest BCUT2D eigenvalue weighted by atomic mass is 16.5. The van der Waals surface area contributed by atoms with E-state index in [2.05, 4.69) is 5.32 Å². The van der Waals surface area contributed by atoms with E-state index in [0.29, 0.717) is 19.6 Å². The molecule has 1 atom stereocenters. The fourth-order valence-corrected chi connectivity index (χ4v) is 2.43. The molecular weight excluding hydrogens is 258 g/mol. The van der Waals surface area contributed by atoms with Crippen molar-refractivity contribution in [2.75, 3.05) is 26.4 Å². The molecule has 118 valence electrons. The van der Waals surface area contributed by atoms with Crippen LogP contribution in [0, 0.1) is 0 Å². The van der Waals surface area contributed by atoms with Gasteiger partial charge in [-0.15, -0.1) is 0 Å². The Labute approximate surface area is 122 Å². The van der Waals surface area contributed by atoms with Gasteiger partial charge in [0, 0.05) is 25.9 Å². The van der Waals surface area contributed by atoms with Crippen LogP contribution in [0.25, 0.3) is 0 Å². The summed E-state index contributed by atoms with van der Waals surface area (Å²) in [6, 6.07) is 0.215. The molecule has 0 radical (unpaired) electrons. The molecule has 1 saturated heterocycles. The molecule has 20 heavy (non-hydrogen) atoms. The molecule has 0 aliphatic carbocycles. The van der Waals surface area contributed by atoms with Crippen molar-refractivity contribution < 1.29 is 19.0 Å². The summed E-state index contributed by atoms with van der Waals surface area (Å²) in [4.78, 5) is 12.1. The third kappa shape index (κ3) is 5.77. The van der Waals surface area contributed by atoms with Crippen molar-refractivity contribution in [2.45, 2.75) is 64.6 Å². The van der Waals surface area contributed by atoms with Gasteiger partial charge in [0.2, 0.25) is 0 Å². The summed E-state index contributed by atoms with van der Waals surface area (Å²) < 4.78 is 16.3. The van der Waals surface area contributed by atoms with Crippen LogP contribution in [-0.2, 0) is 19.0 Å². The molecule has 0 bridgehead atoms. The average molecular weight is 287 g/mol. The molecule has 1 aliphatic rings. The van der Waals surface area contributed by atoms with Gasteiger partial charge in [-0.1, -0.05) is 0 Å². The number of carbonyl (C=O) groups is 1. The standard InChI is InChI=1S/C15H29NO4/c1-5-19-14(17)15(4,16-12(2)3)8-11-20-13-6-9-18-10-7-13/h12-13,16H,5-11H2,1-4H3. The van der Waals surface area contributed by atoms with Gasteiger partial charge in [0.15, 0.2) is 0 Å². The number of ether oxygens (including phenoxy) is 3. The molecule has 1 fully saturated rings. The van der Waals surface area contributed by atoms with Gasteiger partial charge in [-0.2, -0.15) is 0 Å². The van der Waals surface area contributed by atoms with Crippen LogP contribution in [0.2, 0.25) is 0 Å². The van der Waals surface area contributed by atoms with Gasteiger partial charge in [0.25, 0.3) is 0 Å². The lowest BCUT2D eigenvalue weighted by molar-refractivity contribution is -0.152. The minimum atomic E-state index is -0.685. The maximum Gasteiger partial charge on any atom is 0.326 e. The van der Waals surface area contributed by atoms with Crippen LogP contribution in [0.4, 0.5) is 0 Å². The van der Waals surface area contributed by atoms with Crippen molar-refractivity contribution in [3.05, 3.63) is 0 Å².